The zero-order valence-electron chi connectivity index (χ0n) is 12.7. The van der Waals surface area contributed by atoms with Crippen molar-refractivity contribution in [2.24, 2.45) is 0 Å². The van der Waals surface area contributed by atoms with Gasteiger partial charge >= 0.3 is 5.97 Å². The molecule has 2 rings (SSSR count). The molecule has 0 fully saturated rings. The number of amides is 1. The van der Waals surface area contributed by atoms with E-state index in [0.29, 0.717) is 18.8 Å². The molecule has 1 aromatic carbocycles. The summed E-state index contributed by atoms with van der Waals surface area (Å²) in [6, 6.07) is 8.92. The van der Waals surface area contributed by atoms with Gasteiger partial charge in [-0.1, -0.05) is 24.3 Å². The Morgan fingerprint density at radius 1 is 1.23 bits per heavy atom. The number of carbonyl (C=O) groups excluding carboxylic acids is 1. The lowest BCUT2D eigenvalue weighted by molar-refractivity contribution is -0.136. The monoisotopic (exact) mass is 301 g/mol. The van der Waals surface area contributed by atoms with Crippen LogP contribution in [-0.4, -0.2) is 26.8 Å². The van der Waals surface area contributed by atoms with Crippen LogP contribution in [0.3, 0.4) is 0 Å². The maximum atomic E-state index is 12.2. The first-order valence-electron chi connectivity index (χ1n) is 7.12. The number of aromatic nitrogens is 2. The van der Waals surface area contributed by atoms with E-state index in [2.05, 4.69) is 10.4 Å². The van der Waals surface area contributed by atoms with Crippen molar-refractivity contribution in [2.75, 3.05) is 0 Å². The molecule has 1 heterocycles. The molecule has 0 aliphatic carbocycles. The molecular formula is C16H19N3O3. The molecule has 2 aromatic rings. The molecule has 0 aliphatic heterocycles. The van der Waals surface area contributed by atoms with Gasteiger partial charge in [0.2, 0.25) is 0 Å². The molecule has 22 heavy (non-hydrogen) atoms. The second-order valence-corrected chi connectivity index (χ2v) is 5.06. The number of nitrogens with zero attached hydrogens (tertiary/aromatic N) is 2. The molecule has 0 atom stereocenters. The van der Waals surface area contributed by atoms with E-state index in [1.165, 1.54) is 0 Å². The van der Waals surface area contributed by atoms with Crippen LogP contribution in [0.25, 0.3) is 0 Å². The highest BCUT2D eigenvalue weighted by Crippen LogP contribution is 2.07. The van der Waals surface area contributed by atoms with Gasteiger partial charge in [0.25, 0.3) is 5.91 Å². The highest BCUT2D eigenvalue weighted by atomic mass is 16.4. The summed E-state index contributed by atoms with van der Waals surface area (Å²) in [6.45, 7) is 4.81. The minimum atomic E-state index is -0.857. The van der Waals surface area contributed by atoms with Crippen LogP contribution in [0, 0.1) is 6.92 Å². The highest BCUT2D eigenvalue weighted by molar-refractivity contribution is 5.92. The Kier molecular flexibility index (Phi) is 4.93. The average molecular weight is 301 g/mol. The van der Waals surface area contributed by atoms with Gasteiger partial charge in [-0.3, -0.25) is 14.3 Å². The number of nitrogens with one attached hydrogen (secondary N) is 1. The third-order valence-electron chi connectivity index (χ3n) is 3.27. The van der Waals surface area contributed by atoms with Crippen molar-refractivity contribution in [2.45, 2.75) is 33.4 Å². The van der Waals surface area contributed by atoms with E-state index in [1.54, 1.807) is 22.9 Å². The van der Waals surface area contributed by atoms with Gasteiger partial charge in [0, 0.05) is 13.1 Å². The van der Waals surface area contributed by atoms with E-state index in [0.717, 1.165) is 16.8 Å². The standard InChI is InChI=1S/C16H19N3O3/c1-3-19-14(8-11(2)18-19)16(22)17-10-13-6-4-12(5-7-13)9-15(20)21/h4-8H,3,9-10H2,1-2H3,(H,17,22)(H,20,21). The molecule has 116 valence electrons. The van der Waals surface area contributed by atoms with Crippen LogP contribution in [0.4, 0.5) is 0 Å². The lowest BCUT2D eigenvalue weighted by atomic mass is 10.1. The van der Waals surface area contributed by atoms with Crippen LogP contribution >= 0.6 is 0 Å². The molecular weight excluding hydrogens is 282 g/mol. The average Bonchev–Trinajstić information content (AvgIpc) is 2.87. The third kappa shape index (κ3) is 3.94. The summed E-state index contributed by atoms with van der Waals surface area (Å²) in [4.78, 5) is 22.8. The molecule has 6 nitrogen and oxygen atoms in total. The highest BCUT2D eigenvalue weighted by Gasteiger charge is 2.12. The third-order valence-corrected chi connectivity index (χ3v) is 3.27. The number of carboxylic acids is 1. The van der Waals surface area contributed by atoms with Crippen LogP contribution in [0.5, 0.6) is 0 Å². The van der Waals surface area contributed by atoms with Gasteiger partial charge in [-0.05, 0) is 31.0 Å². The minimum Gasteiger partial charge on any atom is -0.481 e. The summed E-state index contributed by atoms with van der Waals surface area (Å²) < 4.78 is 1.67. The maximum absolute atomic E-state index is 12.2. The van der Waals surface area contributed by atoms with E-state index < -0.39 is 5.97 Å². The number of aliphatic carboxylic acids is 1. The van der Waals surface area contributed by atoms with Crippen molar-refractivity contribution in [3.05, 3.63) is 52.8 Å². The van der Waals surface area contributed by atoms with Crippen LogP contribution in [0.15, 0.2) is 30.3 Å². The fourth-order valence-electron chi connectivity index (χ4n) is 2.19. The molecule has 0 aliphatic rings. The first-order valence-corrected chi connectivity index (χ1v) is 7.12. The molecule has 2 N–H and O–H groups in total. The van der Waals surface area contributed by atoms with E-state index >= 15 is 0 Å². The largest absolute Gasteiger partial charge is 0.481 e. The van der Waals surface area contributed by atoms with E-state index in [4.69, 9.17) is 5.11 Å². The number of hydrogen-bond donors (Lipinski definition) is 2. The van der Waals surface area contributed by atoms with Crippen molar-refractivity contribution in [3.8, 4) is 0 Å². The molecule has 1 aromatic heterocycles. The van der Waals surface area contributed by atoms with Gasteiger partial charge in [-0.2, -0.15) is 5.10 Å². The van der Waals surface area contributed by atoms with Gasteiger partial charge in [-0.15, -0.1) is 0 Å². The molecule has 0 unspecified atom stereocenters. The number of aryl methyl sites for hydroxylation is 2. The Labute approximate surface area is 128 Å². The zero-order chi connectivity index (χ0) is 16.1. The number of carboxylic acid groups (broad SMARTS) is 1. The summed E-state index contributed by atoms with van der Waals surface area (Å²) in [5.74, 6) is -1.03. The summed E-state index contributed by atoms with van der Waals surface area (Å²) in [5.41, 5.74) is 3.01. The summed E-state index contributed by atoms with van der Waals surface area (Å²) in [5, 5.41) is 15.8. The predicted molar refractivity (Wildman–Crippen MR) is 81.6 cm³/mol. The van der Waals surface area contributed by atoms with Crippen molar-refractivity contribution < 1.29 is 14.7 Å². The van der Waals surface area contributed by atoms with E-state index in [9.17, 15) is 9.59 Å². The summed E-state index contributed by atoms with van der Waals surface area (Å²) in [6.07, 6.45) is 0.00159. The van der Waals surface area contributed by atoms with Crippen molar-refractivity contribution >= 4 is 11.9 Å². The smallest absolute Gasteiger partial charge is 0.307 e. The second-order valence-electron chi connectivity index (χ2n) is 5.06. The normalized spacial score (nSPS) is 10.5. The summed E-state index contributed by atoms with van der Waals surface area (Å²) >= 11 is 0. The van der Waals surface area contributed by atoms with Crippen LogP contribution in [-0.2, 0) is 24.3 Å². The fraction of sp³-hybridized carbons (Fsp3) is 0.312. The van der Waals surface area contributed by atoms with E-state index in [1.807, 2.05) is 26.0 Å². The molecule has 0 saturated carbocycles. The number of hydrogen-bond acceptors (Lipinski definition) is 3. The SMILES string of the molecule is CCn1nc(C)cc1C(=O)NCc1ccc(CC(=O)O)cc1. The van der Waals surface area contributed by atoms with Crippen molar-refractivity contribution in [3.63, 3.8) is 0 Å². The quantitative estimate of drug-likeness (QED) is 0.851. The van der Waals surface area contributed by atoms with Crippen molar-refractivity contribution in [1.29, 1.82) is 0 Å². The number of carbonyl (C=O) groups is 2. The molecule has 6 heteroatoms. The molecule has 0 radical (unpaired) electrons. The maximum Gasteiger partial charge on any atom is 0.307 e. The molecule has 0 spiro atoms. The van der Waals surface area contributed by atoms with Crippen LogP contribution in [0.1, 0.15) is 34.2 Å². The van der Waals surface area contributed by atoms with Gasteiger partial charge in [0.05, 0.1) is 12.1 Å². The van der Waals surface area contributed by atoms with Gasteiger partial charge in [-0.25, -0.2) is 0 Å². The van der Waals surface area contributed by atoms with Gasteiger partial charge < -0.3 is 10.4 Å². The number of rotatable bonds is 6. The predicted octanol–water partition coefficient (Wildman–Crippen LogP) is 1.77. The fourth-order valence-corrected chi connectivity index (χ4v) is 2.19. The first kappa shape index (κ1) is 15.8. The van der Waals surface area contributed by atoms with Gasteiger partial charge in [0.15, 0.2) is 0 Å². The van der Waals surface area contributed by atoms with E-state index in [-0.39, 0.29) is 12.3 Å². The first-order chi connectivity index (χ1) is 10.5. The molecule has 0 saturated heterocycles. The van der Waals surface area contributed by atoms with Crippen LogP contribution < -0.4 is 5.32 Å². The van der Waals surface area contributed by atoms with Crippen LogP contribution in [0.2, 0.25) is 0 Å². The van der Waals surface area contributed by atoms with Crippen molar-refractivity contribution in [1.82, 2.24) is 15.1 Å². The Balaban J connectivity index is 1.97. The second kappa shape index (κ2) is 6.89. The summed E-state index contributed by atoms with van der Waals surface area (Å²) in [7, 11) is 0. The number of benzene rings is 1. The Bertz CT molecular complexity index is 674. The zero-order valence-corrected chi connectivity index (χ0v) is 12.7. The Hall–Kier alpha value is -2.63. The Morgan fingerprint density at radius 2 is 1.86 bits per heavy atom. The minimum absolute atomic E-state index is 0.00159. The lowest BCUT2D eigenvalue weighted by Crippen LogP contribution is -2.25. The molecule has 0 bridgehead atoms. The van der Waals surface area contributed by atoms with Gasteiger partial charge in [0.1, 0.15) is 5.69 Å². The topological polar surface area (TPSA) is 84.2 Å². The lowest BCUT2D eigenvalue weighted by Gasteiger charge is -2.07. The molecule has 1 amide bonds. The Morgan fingerprint density at radius 3 is 2.45 bits per heavy atom.